The van der Waals surface area contributed by atoms with Gasteiger partial charge in [-0.1, -0.05) is 6.92 Å². The van der Waals surface area contributed by atoms with Crippen LogP contribution >= 0.6 is 0 Å². The summed E-state index contributed by atoms with van der Waals surface area (Å²) >= 11 is 0. The molecule has 0 bridgehead atoms. The van der Waals surface area contributed by atoms with E-state index in [1.807, 2.05) is 13.8 Å². The highest BCUT2D eigenvalue weighted by molar-refractivity contribution is 5.80. The predicted molar refractivity (Wildman–Crippen MR) is 66.2 cm³/mol. The molecule has 0 aliphatic heterocycles. The molecule has 18 heavy (non-hydrogen) atoms. The van der Waals surface area contributed by atoms with Gasteiger partial charge in [-0.05, 0) is 20.3 Å². The first-order valence-corrected chi connectivity index (χ1v) is 5.95. The van der Waals surface area contributed by atoms with Gasteiger partial charge in [0.15, 0.2) is 0 Å². The molecule has 1 heterocycles. The second kappa shape index (κ2) is 6.18. The third-order valence-corrected chi connectivity index (χ3v) is 3.01. The Bertz CT molecular complexity index is 420. The summed E-state index contributed by atoms with van der Waals surface area (Å²) in [6.07, 6.45) is 0.726. The topological polar surface area (TPSA) is 95.1 Å². The molecule has 0 aliphatic carbocycles. The Morgan fingerprint density at radius 3 is 2.56 bits per heavy atom. The van der Waals surface area contributed by atoms with E-state index in [1.54, 1.807) is 6.92 Å². The third kappa shape index (κ3) is 3.58. The zero-order chi connectivity index (χ0) is 13.7. The van der Waals surface area contributed by atoms with E-state index in [0.29, 0.717) is 6.42 Å². The van der Waals surface area contributed by atoms with Gasteiger partial charge in [0.05, 0.1) is 18.0 Å². The highest BCUT2D eigenvalue weighted by Gasteiger charge is 2.17. The number of carboxylic acid groups (broad SMARTS) is 1. The van der Waals surface area contributed by atoms with Crippen molar-refractivity contribution in [1.29, 1.82) is 0 Å². The molecule has 0 fully saturated rings. The maximum absolute atomic E-state index is 11.7. The number of carbonyl (C=O) groups excluding carboxylic acids is 1. The molecule has 0 aliphatic rings. The van der Waals surface area contributed by atoms with E-state index in [2.05, 4.69) is 15.5 Å². The van der Waals surface area contributed by atoms with Gasteiger partial charge in [-0.3, -0.25) is 14.7 Å². The van der Waals surface area contributed by atoms with Crippen LogP contribution in [-0.4, -0.2) is 33.7 Å². The van der Waals surface area contributed by atoms with Crippen LogP contribution in [0.15, 0.2) is 0 Å². The monoisotopic (exact) mass is 253 g/mol. The molecule has 1 aromatic heterocycles. The largest absolute Gasteiger partial charge is 0.481 e. The molecular weight excluding hydrogens is 234 g/mol. The minimum atomic E-state index is -0.881. The first kappa shape index (κ1) is 14.2. The number of amides is 1. The van der Waals surface area contributed by atoms with Crippen LogP contribution in [0, 0.1) is 19.8 Å². The van der Waals surface area contributed by atoms with Crippen molar-refractivity contribution in [3.63, 3.8) is 0 Å². The fourth-order valence-electron chi connectivity index (χ4n) is 1.70. The van der Waals surface area contributed by atoms with Crippen LogP contribution < -0.4 is 5.32 Å². The van der Waals surface area contributed by atoms with Crippen molar-refractivity contribution in [2.75, 3.05) is 6.54 Å². The Morgan fingerprint density at radius 2 is 2.11 bits per heavy atom. The Labute approximate surface area is 106 Å². The molecule has 1 atom stereocenters. The maximum Gasteiger partial charge on any atom is 0.308 e. The summed E-state index contributed by atoms with van der Waals surface area (Å²) in [5, 5.41) is 18.3. The average Bonchev–Trinajstić information content (AvgIpc) is 2.61. The van der Waals surface area contributed by atoms with Gasteiger partial charge < -0.3 is 10.4 Å². The SMILES string of the molecule is CCC(CNC(=O)Cc1c(C)n[nH]c1C)C(=O)O. The molecule has 6 heteroatoms. The van der Waals surface area contributed by atoms with E-state index in [4.69, 9.17) is 5.11 Å². The van der Waals surface area contributed by atoms with Gasteiger partial charge in [0.2, 0.25) is 5.91 Å². The number of aryl methyl sites for hydroxylation is 2. The van der Waals surface area contributed by atoms with E-state index < -0.39 is 11.9 Å². The van der Waals surface area contributed by atoms with Crippen molar-refractivity contribution >= 4 is 11.9 Å². The highest BCUT2D eigenvalue weighted by Crippen LogP contribution is 2.10. The smallest absolute Gasteiger partial charge is 0.308 e. The molecule has 0 radical (unpaired) electrons. The summed E-state index contributed by atoms with van der Waals surface area (Å²) in [5.74, 6) is -1.59. The zero-order valence-electron chi connectivity index (χ0n) is 10.9. The lowest BCUT2D eigenvalue weighted by Gasteiger charge is -2.11. The summed E-state index contributed by atoms with van der Waals surface area (Å²) in [7, 11) is 0. The number of nitrogens with zero attached hydrogens (tertiary/aromatic N) is 1. The number of aromatic nitrogens is 2. The maximum atomic E-state index is 11.7. The molecule has 0 saturated carbocycles. The number of H-pyrrole nitrogens is 1. The van der Waals surface area contributed by atoms with Crippen molar-refractivity contribution < 1.29 is 14.7 Å². The van der Waals surface area contributed by atoms with Gasteiger partial charge >= 0.3 is 5.97 Å². The van der Waals surface area contributed by atoms with Crippen LogP contribution in [0.4, 0.5) is 0 Å². The van der Waals surface area contributed by atoms with Crippen LogP contribution in [0.5, 0.6) is 0 Å². The Hall–Kier alpha value is -1.85. The molecule has 1 rings (SSSR count). The van der Waals surface area contributed by atoms with Gasteiger partial charge in [-0.15, -0.1) is 0 Å². The van der Waals surface area contributed by atoms with Gasteiger partial charge in [0.1, 0.15) is 0 Å². The van der Waals surface area contributed by atoms with Crippen molar-refractivity contribution in [3.8, 4) is 0 Å². The normalized spacial score (nSPS) is 12.2. The Kier molecular flexibility index (Phi) is 4.88. The fraction of sp³-hybridized carbons (Fsp3) is 0.583. The predicted octanol–water partition coefficient (Wildman–Crippen LogP) is 0.796. The molecule has 1 amide bonds. The molecule has 0 spiro atoms. The second-order valence-corrected chi connectivity index (χ2v) is 4.34. The minimum absolute atomic E-state index is 0.167. The summed E-state index contributed by atoms with van der Waals surface area (Å²) in [6, 6.07) is 0. The molecule has 100 valence electrons. The summed E-state index contributed by atoms with van der Waals surface area (Å²) in [5.41, 5.74) is 2.54. The van der Waals surface area contributed by atoms with Crippen molar-refractivity contribution in [2.45, 2.75) is 33.6 Å². The van der Waals surface area contributed by atoms with Crippen LogP contribution in [0.1, 0.15) is 30.3 Å². The quantitative estimate of drug-likeness (QED) is 0.698. The molecule has 0 saturated heterocycles. The van der Waals surface area contributed by atoms with E-state index in [0.717, 1.165) is 17.0 Å². The Morgan fingerprint density at radius 1 is 1.44 bits per heavy atom. The summed E-state index contributed by atoms with van der Waals surface area (Å²) < 4.78 is 0. The number of hydrogen-bond donors (Lipinski definition) is 3. The minimum Gasteiger partial charge on any atom is -0.481 e. The van der Waals surface area contributed by atoms with Crippen LogP contribution in [-0.2, 0) is 16.0 Å². The number of carboxylic acids is 1. The number of aliphatic carboxylic acids is 1. The number of aromatic amines is 1. The first-order valence-electron chi connectivity index (χ1n) is 5.95. The fourth-order valence-corrected chi connectivity index (χ4v) is 1.70. The van der Waals surface area contributed by atoms with Crippen LogP contribution in [0.2, 0.25) is 0 Å². The zero-order valence-corrected chi connectivity index (χ0v) is 10.9. The summed E-state index contributed by atoms with van der Waals surface area (Å²) in [4.78, 5) is 22.5. The Balaban J connectivity index is 2.50. The molecular formula is C12H19N3O3. The van der Waals surface area contributed by atoms with Crippen molar-refractivity contribution in [3.05, 3.63) is 17.0 Å². The van der Waals surface area contributed by atoms with Gasteiger partial charge in [-0.25, -0.2) is 0 Å². The molecule has 0 aromatic carbocycles. The number of nitrogens with one attached hydrogen (secondary N) is 2. The molecule has 1 unspecified atom stereocenters. The highest BCUT2D eigenvalue weighted by atomic mass is 16.4. The van der Waals surface area contributed by atoms with Crippen LogP contribution in [0.25, 0.3) is 0 Å². The van der Waals surface area contributed by atoms with Gasteiger partial charge in [0, 0.05) is 17.8 Å². The van der Waals surface area contributed by atoms with E-state index in [-0.39, 0.29) is 18.9 Å². The number of rotatable bonds is 6. The first-order chi connectivity index (χ1) is 8.45. The van der Waals surface area contributed by atoms with Gasteiger partial charge in [-0.2, -0.15) is 5.10 Å². The third-order valence-electron chi connectivity index (χ3n) is 3.01. The van der Waals surface area contributed by atoms with Gasteiger partial charge in [0.25, 0.3) is 0 Å². The van der Waals surface area contributed by atoms with E-state index in [9.17, 15) is 9.59 Å². The molecule has 3 N–H and O–H groups in total. The lowest BCUT2D eigenvalue weighted by atomic mass is 10.1. The van der Waals surface area contributed by atoms with Crippen molar-refractivity contribution in [1.82, 2.24) is 15.5 Å². The lowest BCUT2D eigenvalue weighted by molar-refractivity contribution is -0.141. The number of carbonyl (C=O) groups is 2. The molecule has 1 aromatic rings. The average molecular weight is 253 g/mol. The van der Waals surface area contributed by atoms with E-state index >= 15 is 0 Å². The second-order valence-electron chi connectivity index (χ2n) is 4.34. The van der Waals surface area contributed by atoms with Crippen LogP contribution in [0.3, 0.4) is 0 Å². The molecule has 6 nitrogen and oxygen atoms in total. The van der Waals surface area contributed by atoms with Crippen molar-refractivity contribution in [2.24, 2.45) is 5.92 Å². The summed E-state index contributed by atoms with van der Waals surface area (Å²) in [6.45, 7) is 5.64. The standard InChI is InChI=1S/C12H19N3O3/c1-4-9(12(17)18)6-13-11(16)5-10-7(2)14-15-8(10)3/h9H,4-6H2,1-3H3,(H,13,16)(H,14,15)(H,17,18). The number of hydrogen-bond acceptors (Lipinski definition) is 3. The van der Waals surface area contributed by atoms with E-state index in [1.165, 1.54) is 0 Å². The lowest BCUT2D eigenvalue weighted by Crippen LogP contribution is -2.33.